The van der Waals surface area contributed by atoms with E-state index in [-0.39, 0.29) is 23.1 Å². The van der Waals surface area contributed by atoms with E-state index in [9.17, 15) is 8.42 Å². The average molecular weight is 281 g/mol. The van der Waals surface area contributed by atoms with Crippen LogP contribution >= 0.6 is 0 Å². The summed E-state index contributed by atoms with van der Waals surface area (Å²) in [5.41, 5.74) is -0.0771. The summed E-state index contributed by atoms with van der Waals surface area (Å²) in [5, 5.41) is 18.0. The molecule has 0 saturated carbocycles. The van der Waals surface area contributed by atoms with E-state index in [1.54, 1.807) is 6.07 Å². The number of aliphatic hydroxyl groups excluding tert-OH is 1. The fraction of sp³-hybridized carbons (Fsp3) is 0.500. The van der Waals surface area contributed by atoms with Crippen LogP contribution in [-0.4, -0.2) is 42.5 Å². The molecule has 1 saturated heterocycles. The predicted octanol–water partition coefficient (Wildman–Crippen LogP) is 0.346. The molecule has 0 amide bonds. The third-order valence-electron chi connectivity index (χ3n) is 3.33. The van der Waals surface area contributed by atoms with Crippen LogP contribution in [0.15, 0.2) is 23.2 Å². The molecular formula is C12H15N3O3S. The summed E-state index contributed by atoms with van der Waals surface area (Å²) in [4.78, 5) is 3.74. The van der Waals surface area contributed by atoms with Gasteiger partial charge in [-0.3, -0.25) is 0 Å². The van der Waals surface area contributed by atoms with Gasteiger partial charge in [0.25, 0.3) is 0 Å². The highest BCUT2D eigenvalue weighted by molar-refractivity contribution is 7.89. The third-order valence-corrected chi connectivity index (χ3v) is 5.26. The molecule has 1 N–H and O–H groups in total. The van der Waals surface area contributed by atoms with Gasteiger partial charge in [0.2, 0.25) is 10.0 Å². The van der Waals surface area contributed by atoms with Crippen molar-refractivity contribution in [2.45, 2.75) is 17.7 Å². The summed E-state index contributed by atoms with van der Waals surface area (Å²) >= 11 is 0. The lowest BCUT2D eigenvalue weighted by atomic mass is 10.00. The fourth-order valence-electron chi connectivity index (χ4n) is 2.15. The molecular weight excluding hydrogens is 266 g/mol. The van der Waals surface area contributed by atoms with Gasteiger partial charge in [-0.15, -0.1) is 0 Å². The second-order valence-electron chi connectivity index (χ2n) is 4.49. The molecule has 1 fully saturated rings. The number of piperidine rings is 1. The summed E-state index contributed by atoms with van der Waals surface area (Å²) in [6.07, 6.45) is 2.67. The fourth-order valence-corrected chi connectivity index (χ4v) is 3.72. The van der Waals surface area contributed by atoms with Crippen LogP contribution in [0, 0.1) is 17.2 Å². The minimum absolute atomic E-state index is 0.0417. The van der Waals surface area contributed by atoms with E-state index < -0.39 is 10.0 Å². The van der Waals surface area contributed by atoms with Gasteiger partial charge in [-0.05, 0) is 30.9 Å². The lowest BCUT2D eigenvalue weighted by Crippen LogP contribution is -2.39. The van der Waals surface area contributed by atoms with Gasteiger partial charge >= 0.3 is 0 Å². The van der Waals surface area contributed by atoms with Crippen molar-refractivity contribution in [2.24, 2.45) is 5.92 Å². The van der Waals surface area contributed by atoms with Crippen molar-refractivity contribution in [2.75, 3.05) is 19.7 Å². The number of hydrogen-bond donors (Lipinski definition) is 1. The van der Waals surface area contributed by atoms with E-state index in [0.717, 1.165) is 0 Å². The molecule has 102 valence electrons. The van der Waals surface area contributed by atoms with E-state index in [1.165, 1.54) is 22.6 Å². The second-order valence-corrected chi connectivity index (χ2v) is 6.40. The first-order valence-corrected chi connectivity index (χ1v) is 7.49. The molecule has 1 aliphatic rings. The van der Waals surface area contributed by atoms with E-state index >= 15 is 0 Å². The van der Waals surface area contributed by atoms with Crippen molar-refractivity contribution in [1.82, 2.24) is 9.29 Å². The summed E-state index contributed by atoms with van der Waals surface area (Å²) in [6.45, 7) is 0.824. The molecule has 6 nitrogen and oxygen atoms in total. The zero-order chi connectivity index (χ0) is 13.9. The Balaban J connectivity index is 2.27. The lowest BCUT2D eigenvalue weighted by molar-refractivity contribution is 0.170. The van der Waals surface area contributed by atoms with Crippen molar-refractivity contribution in [3.05, 3.63) is 24.0 Å². The van der Waals surface area contributed by atoms with Crippen molar-refractivity contribution in [1.29, 1.82) is 5.26 Å². The molecule has 0 bridgehead atoms. The van der Waals surface area contributed by atoms with Gasteiger partial charge in [-0.1, -0.05) is 0 Å². The molecule has 2 rings (SSSR count). The van der Waals surface area contributed by atoms with E-state index in [4.69, 9.17) is 10.4 Å². The number of aliphatic hydroxyl groups is 1. The SMILES string of the molecule is N#Cc1ncccc1S(=O)(=O)N1CCC(CO)CC1. The number of pyridine rings is 1. The Morgan fingerprint density at radius 2 is 2.16 bits per heavy atom. The first-order valence-electron chi connectivity index (χ1n) is 6.05. The Morgan fingerprint density at radius 1 is 1.47 bits per heavy atom. The Hall–Kier alpha value is -1.49. The van der Waals surface area contributed by atoms with Crippen LogP contribution < -0.4 is 0 Å². The van der Waals surface area contributed by atoms with Crippen LogP contribution in [-0.2, 0) is 10.0 Å². The summed E-state index contributed by atoms with van der Waals surface area (Å²) in [6, 6.07) is 4.71. The number of nitrogens with zero attached hydrogens (tertiary/aromatic N) is 3. The first kappa shape index (κ1) is 13.9. The number of rotatable bonds is 3. The van der Waals surface area contributed by atoms with Gasteiger partial charge in [-0.2, -0.15) is 9.57 Å². The number of sulfonamides is 1. The van der Waals surface area contributed by atoms with Crippen LogP contribution in [0.25, 0.3) is 0 Å². The predicted molar refractivity (Wildman–Crippen MR) is 67.5 cm³/mol. The standard InChI is InChI=1S/C12H15N3O3S/c13-8-11-12(2-1-5-14-11)19(17,18)15-6-3-10(9-16)4-7-15/h1-2,5,10,16H,3-4,6-7,9H2. The normalized spacial score (nSPS) is 18.1. The lowest BCUT2D eigenvalue weighted by Gasteiger charge is -2.30. The van der Waals surface area contributed by atoms with E-state index in [0.29, 0.717) is 25.9 Å². The minimum Gasteiger partial charge on any atom is -0.396 e. The zero-order valence-electron chi connectivity index (χ0n) is 10.4. The van der Waals surface area contributed by atoms with Crippen LogP contribution in [0.2, 0.25) is 0 Å². The summed E-state index contributed by atoms with van der Waals surface area (Å²) in [7, 11) is -3.67. The van der Waals surface area contributed by atoms with E-state index in [1.807, 2.05) is 0 Å². The Labute approximate surface area is 112 Å². The van der Waals surface area contributed by atoms with Crippen molar-refractivity contribution < 1.29 is 13.5 Å². The summed E-state index contributed by atoms with van der Waals surface area (Å²) < 4.78 is 26.2. The minimum atomic E-state index is -3.67. The maximum Gasteiger partial charge on any atom is 0.245 e. The zero-order valence-corrected chi connectivity index (χ0v) is 11.2. The molecule has 0 spiro atoms. The molecule has 0 aliphatic carbocycles. The van der Waals surface area contributed by atoms with Crippen molar-refractivity contribution in [3.8, 4) is 6.07 Å². The van der Waals surface area contributed by atoms with Crippen molar-refractivity contribution >= 4 is 10.0 Å². The molecule has 1 aromatic heterocycles. The van der Waals surface area contributed by atoms with Crippen LogP contribution in [0.1, 0.15) is 18.5 Å². The van der Waals surface area contributed by atoms with Gasteiger partial charge in [0.15, 0.2) is 5.69 Å². The topological polar surface area (TPSA) is 94.3 Å². The number of hydrogen-bond acceptors (Lipinski definition) is 5. The molecule has 19 heavy (non-hydrogen) atoms. The smallest absolute Gasteiger partial charge is 0.245 e. The molecule has 1 aliphatic heterocycles. The number of aromatic nitrogens is 1. The highest BCUT2D eigenvalue weighted by atomic mass is 32.2. The van der Waals surface area contributed by atoms with Gasteiger partial charge < -0.3 is 5.11 Å². The Morgan fingerprint density at radius 3 is 2.74 bits per heavy atom. The third kappa shape index (κ3) is 2.76. The average Bonchev–Trinajstić information content (AvgIpc) is 2.47. The van der Waals surface area contributed by atoms with Crippen LogP contribution in [0.5, 0.6) is 0 Å². The maximum absolute atomic E-state index is 12.4. The monoisotopic (exact) mass is 281 g/mol. The van der Waals surface area contributed by atoms with Crippen LogP contribution in [0.3, 0.4) is 0 Å². The van der Waals surface area contributed by atoms with Gasteiger partial charge in [0.05, 0.1) is 0 Å². The van der Waals surface area contributed by atoms with Gasteiger partial charge in [0.1, 0.15) is 11.0 Å². The molecule has 0 unspecified atom stereocenters. The highest BCUT2D eigenvalue weighted by Crippen LogP contribution is 2.24. The Kier molecular flexibility index (Phi) is 4.14. The molecule has 2 heterocycles. The Bertz CT molecular complexity index is 586. The van der Waals surface area contributed by atoms with Gasteiger partial charge in [-0.25, -0.2) is 13.4 Å². The van der Waals surface area contributed by atoms with E-state index in [2.05, 4.69) is 4.98 Å². The van der Waals surface area contributed by atoms with Crippen molar-refractivity contribution in [3.63, 3.8) is 0 Å². The quantitative estimate of drug-likeness (QED) is 0.862. The van der Waals surface area contributed by atoms with Crippen LogP contribution in [0.4, 0.5) is 0 Å². The first-order chi connectivity index (χ1) is 9.09. The second kappa shape index (κ2) is 5.65. The number of nitriles is 1. The van der Waals surface area contributed by atoms with Gasteiger partial charge in [0, 0.05) is 25.9 Å². The highest BCUT2D eigenvalue weighted by Gasteiger charge is 2.31. The molecule has 7 heteroatoms. The molecule has 0 aromatic carbocycles. The molecule has 0 radical (unpaired) electrons. The largest absolute Gasteiger partial charge is 0.396 e. The molecule has 0 atom stereocenters. The maximum atomic E-state index is 12.4. The molecule has 1 aromatic rings. The summed E-state index contributed by atoms with van der Waals surface area (Å²) in [5.74, 6) is 0.163.